The van der Waals surface area contributed by atoms with Crippen LogP contribution in [-0.2, 0) is 10.8 Å². The fourth-order valence-electron chi connectivity index (χ4n) is 9.49. The van der Waals surface area contributed by atoms with E-state index in [1.807, 2.05) is 0 Å². The molecule has 0 heterocycles. The summed E-state index contributed by atoms with van der Waals surface area (Å²) in [6, 6.07) is 49.5. The molecule has 0 atom stereocenters. The summed E-state index contributed by atoms with van der Waals surface area (Å²) in [6.45, 7) is 12.0. The third-order valence-electron chi connectivity index (χ3n) is 12.2. The van der Waals surface area contributed by atoms with Gasteiger partial charge in [0.15, 0.2) is 0 Å². The molecule has 3 aliphatic rings. The number of rotatable bonds is 7. The second-order valence-corrected chi connectivity index (χ2v) is 16.5. The molecule has 6 aromatic carbocycles. The number of hydrogen-bond acceptors (Lipinski definition) is 1. The zero-order chi connectivity index (χ0) is 37.0. The molecule has 0 saturated carbocycles. The molecular formula is C53H49N. The van der Waals surface area contributed by atoms with E-state index in [1.54, 1.807) is 0 Å². The van der Waals surface area contributed by atoms with Crippen LogP contribution < -0.4 is 4.90 Å². The van der Waals surface area contributed by atoms with E-state index in [-0.39, 0.29) is 10.8 Å². The summed E-state index contributed by atoms with van der Waals surface area (Å²) in [7, 11) is 0. The van der Waals surface area contributed by atoms with Gasteiger partial charge in [0, 0.05) is 22.5 Å². The number of fused-ring (bicyclic) bond motifs is 5. The fraction of sp³-hybridized carbons (Fsp3) is 0.208. The normalized spacial score (nSPS) is 17.5. The lowest BCUT2D eigenvalue weighted by Gasteiger charge is -2.31. The quantitative estimate of drug-likeness (QED) is 0.160. The maximum Gasteiger partial charge on any atom is 0.0464 e. The summed E-state index contributed by atoms with van der Waals surface area (Å²) >= 11 is 0. The molecule has 0 radical (unpaired) electrons. The Hall–Kier alpha value is -5.66. The highest BCUT2D eigenvalue weighted by Crippen LogP contribution is 2.59. The Morgan fingerprint density at radius 3 is 2.02 bits per heavy atom. The van der Waals surface area contributed by atoms with Gasteiger partial charge in [-0.2, -0.15) is 0 Å². The van der Waals surface area contributed by atoms with Crippen LogP contribution in [0.25, 0.3) is 44.2 Å². The summed E-state index contributed by atoms with van der Waals surface area (Å²) < 4.78 is 0. The second-order valence-electron chi connectivity index (χ2n) is 16.5. The predicted molar refractivity (Wildman–Crippen MR) is 232 cm³/mol. The van der Waals surface area contributed by atoms with Gasteiger partial charge in [-0.25, -0.2) is 0 Å². The molecular weight excluding hydrogens is 651 g/mol. The topological polar surface area (TPSA) is 3.24 Å². The van der Waals surface area contributed by atoms with Crippen molar-refractivity contribution in [3.8, 4) is 22.3 Å². The monoisotopic (exact) mass is 699 g/mol. The van der Waals surface area contributed by atoms with Crippen molar-refractivity contribution >= 4 is 27.6 Å². The van der Waals surface area contributed by atoms with Gasteiger partial charge < -0.3 is 4.90 Å². The van der Waals surface area contributed by atoms with Gasteiger partial charge in [-0.3, -0.25) is 0 Å². The van der Waals surface area contributed by atoms with Crippen molar-refractivity contribution in [3.63, 3.8) is 0 Å². The summed E-state index contributed by atoms with van der Waals surface area (Å²) in [5, 5.41) is 2.52. The number of nitrogens with zero attached hydrogens (tertiary/aromatic N) is 1. The second kappa shape index (κ2) is 13.3. The minimum absolute atomic E-state index is 0.0207. The van der Waals surface area contributed by atoms with Crippen LogP contribution in [0.5, 0.6) is 0 Å². The van der Waals surface area contributed by atoms with Gasteiger partial charge in [-0.05, 0) is 127 Å². The number of allylic oxidation sites excluding steroid dienone is 7. The minimum Gasteiger partial charge on any atom is -0.315 e. The van der Waals surface area contributed by atoms with Crippen molar-refractivity contribution in [3.05, 3.63) is 197 Å². The standard InChI is InChI=1S/C53H49N/c1-6-17-43(54(44-31-28-37-20-13-14-23-40(37)32-44)42-29-26-38(27-30-42)36-18-9-7-10-19-36)33-41-35-52(2,3)47-34-48-51(45-24-15-16-25-46(45)53(48,4)5)50(49(41)47)39-21-11-8-12-22-39/h7-26,28-29,31-34H,6,27,30,35H2,1-5H3/b41-33+,43-17+. The molecule has 0 saturated heterocycles. The summed E-state index contributed by atoms with van der Waals surface area (Å²) in [5.41, 5.74) is 19.0. The van der Waals surface area contributed by atoms with Gasteiger partial charge in [0.1, 0.15) is 0 Å². The Bertz CT molecular complexity index is 2540. The fourth-order valence-corrected chi connectivity index (χ4v) is 9.49. The van der Waals surface area contributed by atoms with E-state index in [0.29, 0.717) is 0 Å². The van der Waals surface area contributed by atoms with Crippen LogP contribution in [0.2, 0.25) is 0 Å². The Balaban J connectivity index is 1.27. The third-order valence-corrected chi connectivity index (χ3v) is 12.2. The van der Waals surface area contributed by atoms with E-state index in [9.17, 15) is 0 Å². The molecule has 0 bridgehead atoms. The maximum absolute atomic E-state index is 2.59. The van der Waals surface area contributed by atoms with Crippen molar-refractivity contribution in [2.24, 2.45) is 0 Å². The molecule has 0 amide bonds. The Kier molecular flexibility index (Phi) is 8.42. The Morgan fingerprint density at radius 2 is 1.30 bits per heavy atom. The highest BCUT2D eigenvalue weighted by atomic mass is 15.2. The summed E-state index contributed by atoms with van der Waals surface area (Å²) in [5.74, 6) is 0. The van der Waals surface area contributed by atoms with E-state index in [1.165, 1.54) is 89.1 Å². The van der Waals surface area contributed by atoms with Crippen molar-refractivity contribution in [2.75, 3.05) is 4.90 Å². The van der Waals surface area contributed by atoms with Crippen molar-refractivity contribution in [1.29, 1.82) is 0 Å². The average molecular weight is 700 g/mol. The van der Waals surface area contributed by atoms with Crippen molar-refractivity contribution < 1.29 is 0 Å². The molecule has 3 aliphatic carbocycles. The molecule has 6 aromatic rings. The van der Waals surface area contributed by atoms with Crippen molar-refractivity contribution in [2.45, 2.75) is 71.1 Å². The number of hydrogen-bond donors (Lipinski definition) is 0. The minimum atomic E-state index is -0.0766. The molecule has 0 aromatic heterocycles. The first-order chi connectivity index (χ1) is 26.2. The predicted octanol–water partition coefficient (Wildman–Crippen LogP) is 14.4. The number of anilines is 1. The Morgan fingerprint density at radius 1 is 0.611 bits per heavy atom. The lowest BCUT2D eigenvalue weighted by molar-refractivity contribution is 0.560. The average Bonchev–Trinajstić information content (AvgIpc) is 3.59. The molecule has 266 valence electrons. The highest BCUT2D eigenvalue weighted by Gasteiger charge is 2.43. The lowest BCUT2D eigenvalue weighted by atomic mass is 9.77. The van der Waals surface area contributed by atoms with E-state index in [0.717, 1.165) is 25.7 Å². The van der Waals surface area contributed by atoms with Gasteiger partial charge >= 0.3 is 0 Å². The number of benzene rings is 6. The Labute approximate surface area is 321 Å². The largest absolute Gasteiger partial charge is 0.315 e. The zero-order valence-electron chi connectivity index (χ0n) is 32.3. The van der Waals surface area contributed by atoms with Crippen LogP contribution in [0.3, 0.4) is 0 Å². The van der Waals surface area contributed by atoms with Crippen LogP contribution in [0.15, 0.2) is 169 Å². The van der Waals surface area contributed by atoms with Crippen molar-refractivity contribution in [1.82, 2.24) is 0 Å². The maximum atomic E-state index is 2.59. The van der Waals surface area contributed by atoms with Gasteiger partial charge in [-0.15, -0.1) is 0 Å². The van der Waals surface area contributed by atoms with Crippen LogP contribution in [0.4, 0.5) is 5.69 Å². The molecule has 0 unspecified atom stereocenters. The van der Waals surface area contributed by atoms with Crippen LogP contribution >= 0.6 is 0 Å². The zero-order valence-corrected chi connectivity index (χ0v) is 32.3. The summed E-state index contributed by atoms with van der Waals surface area (Å²) in [6.07, 6.45) is 13.6. The van der Waals surface area contributed by atoms with Crippen LogP contribution in [0, 0.1) is 0 Å². The van der Waals surface area contributed by atoms with Gasteiger partial charge in [0.05, 0.1) is 0 Å². The molecule has 54 heavy (non-hydrogen) atoms. The lowest BCUT2D eigenvalue weighted by Crippen LogP contribution is -2.22. The molecule has 0 aliphatic heterocycles. The van der Waals surface area contributed by atoms with Gasteiger partial charge in [0.2, 0.25) is 0 Å². The third kappa shape index (κ3) is 5.69. The molecule has 1 nitrogen and oxygen atoms in total. The molecule has 9 rings (SSSR count). The highest BCUT2D eigenvalue weighted by molar-refractivity contribution is 6.01. The smallest absolute Gasteiger partial charge is 0.0464 e. The van der Waals surface area contributed by atoms with E-state index in [4.69, 9.17) is 0 Å². The SMILES string of the molecule is CC/C=C(\C=C1/CC(C)(C)c2cc3c(c(-c4ccccc4)c21)-c1ccccc1C3(C)C)N(C1=CC=C(c2ccccc2)CC1)c1ccc2ccccc2c1. The first-order valence-electron chi connectivity index (χ1n) is 19.8. The molecule has 0 N–H and O–H groups in total. The van der Waals surface area contributed by atoms with E-state index < -0.39 is 0 Å². The molecule has 0 spiro atoms. The molecule has 0 fully saturated rings. The van der Waals surface area contributed by atoms with Gasteiger partial charge in [-0.1, -0.05) is 168 Å². The first kappa shape index (κ1) is 34.1. The summed E-state index contributed by atoms with van der Waals surface area (Å²) in [4.78, 5) is 2.56. The van der Waals surface area contributed by atoms with Gasteiger partial charge in [0.25, 0.3) is 0 Å². The van der Waals surface area contributed by atoms with E-state index in [2.05, 4.69) is 197 Å². The van der Waals surface area contributed by atoms with Crippen LogP contribution in [0.1, 0.15) is 88.1 Å². The van der Waals surface area contributed by atoms with E-state index >= 15 is 0 Å². The van der Waals surface area contributed by atoms with Crippen LogP contribution in [-0.4, -0.2) is 0 Å². The first-order valence-corrected chi connectivity index (χ1v) is 19.8. The molecule has 1 heteroatoms.